The van der Waals surface area contributed by atoms with E-state index in [1.165, 1.54) is 96.3 Å². The average Bonchev–Trinajstić information content (AvgIpc) is 2.60. The quantitative estimate of drug-likeness (QED) is 0.459. The minimum Gasteiger partial charge on any atom is -0.155 e. The molecule has 0 amide bonds. The monoisotopic (exact) mass is 380 g/mol. The van der Waals surface area contributed by atoms with E-state index in [2.05, 4.69) is 39.5 Å². The van der Waals surface area contributed by atoms with Gasteiger partial charge in [0.05, 0.1) is 0 Å². The van der Waals surface area contributed by atoms with Crippen LogP contribution >= 0.6 is 11.8 Å². The number of hydrogen-bond acceptors (Lipinski definition) is 1. The van der Waals surface area contributed by atoms with Crippen molar-refractivity contribution in [3.8, 4) is 0 Å². The summed E-state index contributed by atoms with van der Waals surface area (Å²) in [7, 11) is 0. The highest BCUT2D eigenvalue weighted by molar-refractivity contribution is 8.00. The van der Waals surface area contributed by atoms with Crippen molar-refractivity contribution < 1.29 is 0 Å². The Kier molecular flexibility index (Phi) is 11.1. The lowest BCUT2D eigenvalue weighted by Gasteiger charge is -2.41. The average molecular weight is 381 g/mol. The number of fused-ring (bicyclic) bond motifs is 2. The van der Waals surface area contributed by atoms with Crippen molar-refractivity contribution in [3.05, 3.63) is 0 Å². The Morgan fingerprint density at radius 2 is 1.42 bits per heavy atom. The smallest absolute Gasteiger partial charge is 0.00551 e. The molecule has 0 aliphatic carbocycles. The van der Waals surface area contributed by atoms with Crippen LogP contribution in [0.5, 0.6) is 0 Å². The van der Waals surface area contributed by atoms with Gasteiger partial charge in [0.15, 0.2) is 0 Å². The van der Waals surface area contributed by atoms with E-state index in [4.69, 9.17) is 0 Å². The maximum absolute atomic E-state index is 2.55. The van der Waals surface area contributed by atoms with Gasteiger partial charge in [-0.15, -0.1) is 0 Å². The van der Waals surface area contributed by atoms with Gasteiger partial charge in [-0.3, -0.25) is 0 Å². The normalized spacial score (nSPS) is 34.6. The molecule has 2 saturated heterocycles. The molecule has 2 bridgehead atoms. The van der Waals surface area contributed by atoms with E-state index in [-0.39, 0.29) is 0 Å². The van der Waals surface area contributed by atoms with Crippen molar-refractivity contribution >= 4 is 11.8 Å². The lowest BCUT2D eigenvalue weighted by atomic mass is 9.73. The Morgan fingerprint density at radius 3 is 2.08 bits per heavy atom. The third-order valence-electron chi connectivity index (χ3n) is 7.46. The molecule has 0 aromatic heterocycles. The van der Waals surface area contributed by atoms with Crippen LogP contribution in [0, 0.1) is 23.7 Å². The van der Waals surface area contributed by atoms with E-state index in [1.807, 2.05) is 0 Å². The molecule has 1 heteroatoms. The van der Waals surface area contributed by atoms with Gasteiger partial charge < -0.3 is 0 Å². The number of thioether (sulfide) groups is 1. The molecule has 0 radical (unpaired) electrons. The molecule has 26 heavy (non-hydrogen) atoms. The molecular formula is C25H48S. The van der Waals surface area contributed by atoms with Crippen LogP contribution < -0.4 is 0 Å². The van der Waals surface area contributed by atoms with Crippen LogP contribution in [0.15, 0.2) is 0 Å². The molecule has 6 atom stereocenters. The summed E-state index contributed by atoms with van der Waals surface area (Å²) in [6.07, 6.45) is 22.2. The van der Waals surface area contributed by atoms with Gasteiger partial charge in [-0.25, -0.2) is 0 Å². The predicted octanol–water partition coefficient (Wildman–Crippen LogP) is 8.88. The van der Waals surface area contributed by atoms with Gasteiger partial charge in [0.1, 0.15) is 0 Å². The summed E-state index contributed by atoms with van der Waals surface area (Å²) < 4.78 is 0. The maximum Gasteiger partial charge on any atom is 0.00551 e. The second-order valence-electron chi connectivity index (χ2n) is 9.84. The molecule has 2 aliphatic heterocycles. The van der Waals surface area contributed by atoms with E-state index in [0.717, 1.165) is 34.2 Å². The summed E-state index contributed by atoms with van der Waals surface area (Å²) in [6.45, 7) is 9.94. The Balaban J connectivity index is 2.01. The van der Waals surface area contributed by atoms with E-state index >= 15 is 0 Å². The van der Waals surface area contributed by atoms with E-state index in [1.54, 1.807) is 0 Å². The van der Waals surface area contributed by atoms with Crippen molar-refractivity contribution in [2.45, 2.75) is 135 Å². The summed E-state index contributed by atoms with van der Waals surface area (Å²) in [5, 5.41) is 1.93. The molecule has 6 unspecified atom stereocenters. The highest BCUT2D eigenvalue weighted by Gasteiger charge is 2.35. The second kappa shape index (κ2) is 12.7. The molecule has 2 rings (SSSR count). The Labute approximate surface area is 170 Å². The standard InChI is InChI=1S/C25H48S/c1-5-14-21(4)25(6-2)22-18-23-16-13-11-9-7-8-10-12-15-20(3)17-24(19-22)26-23/h20-25H,5-19H2,1-4H3. The van der Waals surface area contributed by atoms with E-state index in [9.17, 15) is 0 Å². The van der Waals surface area contributed by atoms with Crippen molar-refractivity contribution in [3.63, 3.8) is 0 Å². The summed E-state index contributed by atoms with van der Waals surface area (Å²) in [5.74, 6) is 3.87. The summed E-state index contributed by atoms with van der Waals surface area (Å²) in [5.41, 5.74) is 0. The van der Waals surface area contributed by atoms with Crippen LogP contribution in [0.4, 0.5) is 0 Å². The summed E-state index contributed by atoms with van der Waals surface area (Å²) in [4.78, 5) is 0. The molecule has 2 fully saturated rings. The Morgan fingerprint density at radius 1 is 0.808 bits per heavy atom. The Bertz CT molecular complexity index is 350. The molecule has 0 saturated carbocycles. The van der Waals surface area contributed by atoms with Crippen LogP contribution in [0.1, 0.15) is 124 Å². The largest absolute Gasteiger partial charge is 0.155 e. The summed E-state index contributed by atoms with van der Waals surface area (Å²) >= 11 is 2.42. The molecular weight excluding hydrogens is 332 g/mol. The van der Waals surface area contributed by atoms with Gasteiger partial charge >= 0.3 is 0 Å². The van der Waals surface area contributed by atoms with Crippen LogP contribution in [0.3, 0.4) is 0 Å². The molecule has 0 N–H and O–H groups in total. The molecule has 0 aromatic rings. The minimum atomic E-state index is 0.933. The highest BCUT2D eigenvalue weighted by Crippen LogP contribution is 2.46. The third-order valence-corrected chi connectivity index (χ3v) is 9.04. The number of rotatable bonds is 5. The van der Waals surface area contributed by atoms with E-state index in [0.29, 0.717) is 0 Å². The zero-order valence-corrected chi connectivity index (χ0v) is 19.3. The molecule has 154 valence electrons. The molecule has 0 nitrogen and oxygen atoms in total. The second-order valence-corrected chi connectivity index (χ2v) is 11.4. The van der Waals surface area contributed by atoms with E-state index < -0.39 is 0 Å². The van der Waals surface area contributed by atoms with Crippen molar-refractivity contribution in [1.29, 1.82) is 0 Å². The third kappa shape index (κ3) is 7.76. The van der Waals surface area contributed by atoms with Crippen molar-refractivity contribution in [1.82, 2.24) is 0 Å². The first kappa shape index (κ1) is 22.6. The lowest BCUT2D eigenvalue weighted by molar-refractivity contribution is 0.186. The predicted molar refractivity (Wildman–Crippen MR) is 121 cm³/mol. The van der Waals surface area contributed by atoms with Crippen molar-refractivity contribution in [2.75, 3.05) is 0 Å². The van der Waals surface area contributed by atoms with Gasteiger partial charge in [0.25, 0.3) is 0 Å². The first-order valence-corrected chi connectivity index (χ1v) is 13.2. The van der Waals surface area contributed by atoms with Crippen LogP contribution in [-0.4, -0.2) is 10.5 Å². The fraction of sp³-hybridized carbons (Fsp3) is 1.00. The number of hydrogen-bond donors (Lipinski definition) is 0. The topological polar surface area (TPSA) is 0 Å². The van der Waals surface area contributed by atoms with Crippen LogP contribution in [0.2, 0.25) is 0 Å². The first-order chi connectivity index (χ1) is 12.6. The zero-order valence-electron chi connectivity index (χ0n) is 18.5. The molecule has 2 heterocycles. The summed E-state index contributed by atoms with van der Waals surface area (Å²) in [6, 6.07) is 0. The lowest BCUT2D eigenvalue weighted by Crippen LogP contribution is -2.33. The van der Waals surface area contributed by atoms with Crippen LogP contribution in [0.25, 0.3) is 0 Å². The van der Waals surface area contributed by atoms with Crippen molar-refractivity contribution in [2.24, 2.45) is 23.7 Å². The van der Waals surface area contributed by atoms with Gasteiger partial charge in [-0.05, 0) is 49.4 Å². The minimum absolute atomic E-state index is 0.933. The van der Waals surface area contributed by atoms with Gasteiger partial charge in [-0.1, -0.05) is 98.3 Å². The highest BCUT2D eigenvalue weighted by atomic mass is 32.2. The molecule has 0 spiro atoms. The van der Waals surface area contributed by atoms with Crippen LogP contribution in [-0.2, 0) is 0 Å². The van der Waals surface area contributed by atoms with Gasteiger partial charge in [0, 0.05) is 10.5 Å². The first-order valence-electron chi connectivity index (χ1n) is 12.3. The fourth-order valence-electron chi connectivity index (χ4n) is 6.03. The molecule has 0 aromatic carbocycles. The van der Waals surface area contributed by atoms with Gasteiger partial charge in [0.2, 0.25) is 0 Å². The Hall–Kier alpha value is 0.350. The molecule has 2 aliphatic rings. The maximum atomic E-state index is 2.55. The SMILES string of the molecule is CCCC(C)C(CC)C1CC2CCCCCCCCCC(C)CC(C1)S2. The zero-order chi connectivity index (χ0) is 18.8. The van der Waals surface area contributed by atoms with Gasteiger partial charge in [-0.2, -0.15) is 11.8 Å². The fourth-order valence-corrected chi connectivity index (χ4v) is 8.03.